The highest BCUT2D eigenvalue weighted by atomic mass is 16.5. The molecule has 22 heavy (non-hydrogen) atoms. The van der Waals surface area contributed by atoms with Gasteiger partial charge in [0.25, 0.3) is 0 Å². The number of hydrogen-bond acceptors (Lipinski definition) is 5. The SMILES string of the molecule is C[C@H](c1nc(C2CC2)no1)N1CCC(N2CCNC2=O)CC1. The van der Waals surface area contributed by atoms with E-state index in [2.05, 4.69) is 27.3 Å². The number of nitrogens with zero attached hydrogens (tertiary/aromatic N) is 4. The molecule has 1 aromatic rings. The lowest BCUT2D eigenvalue weighted by atomic mass is 10.0. The largest absolute Gasteiger partial charge is 0.338 e. The lowest BCUT2D eigenvalue weighted by molar-refractivity contribution is 0.0981. The zero-order valence-electron chi connectivity index (χ0n) is 13.0. The van der Waals surface area contributed by atoms with E-state index in [4.69, 9.17) is 4.52 Å². The zero-order valence-corrected chi connectivity index (χ0v) is 13.0. The molecule has 1 aliphatic carbocycles. The molecule has 2 saturated heterocycles. The smallest absolute Gasteiger partial charge is 0.317 e. The number of amides is 2. The second-order valence-corrected chi connectivity index (χ2v) is 6.63. The molecule has 1 atom stereocenters. The van der Waals surface area contributed by atoms with E-state index in [-0.39, 0.29) is 12.1 Å². The number of nitrogens with one attached hydrogen (secondary N) is 1. The Bertz CT molecular complexity index is 548. The molecule has 3 fully saturated rings. The van der Waals surface area contributed by atoms with E-state index < -0.39 is 0 Å². The van der Waals surface area contributed by atoms with Gasteiger partial charge < -0.3 is 14.7 Å². The van der Waals surface area contributed by atoms with E-state index in [1.54, 1.807) is 0 Å². The van der Waals surface area contributed by atoms with Gasteiger partial charge in [0.05, 0.1) is 6.04 Å². The van der Waals surface area contributed by atoms with Crippen LogP contribution < -0.4 is 5.32 Å². The molecule has 4 rings (SSSR count). The molecule has 120 valence electrons. The minimum absolute atomic E-state index is 0.0949. The summed E-state index contributed by atoms with van der Waals surface area (Å²) in [7, 11) is 0. The number of aromatic nitrogens is 2. The summed E-state index contributed by atoms with van der Waals surface area (Å²) in [5, 5.41) is 6.99. The van der Waals surface area contributed by atoms with Crippen molar-refractivity contribution in [2.24, 2.45) is 0 Å². The van der Waals surface area contributed by atoms with Gasteiger partial charge in [-0.05, 0) is 32.6 Å². The summed E-state index contributed by atoms with van der Waals surface area (Å²) in [4.78, 5) is 20.7. The average molecular weight is 305 g/mol. The number of likely N-dealkylation sites (tertiary alicyclic amines) is 1. The molecule has 1 aromatic heterocycles. The number of rotatable bonds is 4. The fourth-order valence-corrected chi connectivity index (χ4v) is 3.50. The molecule has 2 amide bonds. The van der Waals surface area contributed by atoms with Gasteiger partial charge >= 0.3 is 6.03 Å². The van der Waals surface area contributed by atoms with Crippen LogP contribution in [-0.4, -0.2) is 58.2 Å². The van der Waals surface area contributed by atoms with Crippen molar-refractivity contribution in [1.29, 1.82) is 0 Å². The van der Waals surface area contributed by atoms with Gasteiger partial charge in [0.1, 0.15) is 0 Å². The van der Waals surface area contributed by atoms with Gasteiger partial charge in [-0.25, -0.2) is 4.79 Å². The number of carbonyl (C=O) groups excluding carboxylic acids is 1. The van der Waals surface area contributed by atoms with Crippen LogP contribution in [-0.2, 0) is 0 Å². The quantitative estimate of drug-likeness (QED) is 0.912. The Labute approximate surface area is 130 Å². The molecule has 0 aromatic carbocycles. The first-order chi connectivity index (χ1) is 10.7. The van der Waals surface area contributed by atoms with Crippen molar-refractivity contribution < 1.29 is 9.32 Å². The summed E-state index contributed by atoms with van der Waals surface area (Å²) in [5.41, 5.74) is 0. The second kappa shape index (κ2) is 5.53. The summed E-state index contributed by atoms with van der Waals surface area (Å²) in [5.74, 6) is 2.15. The Balaban J connectivity index is 1.35. The van der Waals surface area contributed by atoms with Gasteiger partial charge in [-0.3, -0.25) is 4.90 Å². The van der Waals surface area contributed by atoms with Crippen molar-refractivity contribution in [3.63, 3.8) is 0 Å². The van der Waals surface area contributed by atoms with Crippen LogP contribution in [0.15, 0.2) is 4.52 Å². The van der Waals surface area contributed by atoms with E-state index >= 15 is 0 Å². The van der Waals surface area contributed by atoms with E-state index in [1.165, 1.54) is 12.8 Å². The molecule has 3 aliphatic rings. The molecule has 2 aliphatic heterocycles. The summed E-state index contributed by atoms with van der Waals surface area (Å²) in [6.07, 6.45) is 4.41. The minimum Gasteiger partial charge on any atom is -0.338 e. The highest BCUT2D eigenvalue weighted by Gasteiger charge is 2.34. The molecule has 0 radical (unpaired) electrons. The first-order valence-electron chi connectivity index (χ1n) is 8.34. The van der Waals surface area contributed by atoms with Crippen LogP contribution in [0.3, 0.4) is 0 Å². The van der Waals surface area contributed by atoms with Crippen LogP contribution in [0.4, 0.5) is 4.79 Å². The standard InChI is InChI=1S/C15H23N5O2/c1-10(14-17-13(18-22-14)11-2-3-11)19-7-4-12(5-8-19)20-9-6-16-15(20)21/h10-12H,2-9H2,1H3,(H,16,21)/t10-/m1/s1. The molecular formula is C15H23N5O2. The topological polar surface area (TPSA) is 74.5 Å². The van der Waals surface area contributed by atoms with Crippen molar-refractivity contribution in [2.45, 2.75) is 50.6 Å². The van der Waals surface area contributed by atoms with Gasteiger partial charge in [0.15, 0.2) is 5.82 Å². The van der Waals surface area contributed by atoms with Crippen molar-refractivity contribution in [1.82, 2.24) is 25.3 Å². The Morgan fingerprint density at radius 3 is 2.64 bits per heavy atom. The molecular weight excluding hydrogens is 282 g/mol. The van der Waals surface area contributed by atoms with Crippen LogP contribution >= 0.6 is 0 Å². The van der Waals surface area contributed by atoms with Crippen LogP contribution in [0, 0.1) is 0 Å². The minimum atomic E-state index is 0.0949. The van der Waals surface area contributed by atoms with Crippen LogP contribution in [0.25, 0.3) is 0 Å². The maximum absolute atomic E-state index is 11.8. The first-order valence-corrected chi connectivity index (χ1v) is 8.34. The Morgan fingerprint density at radius 1 is 1.23 bits per heavy atom. The highest BCUT2D eigenvalue weighted by molar-refractivity contribution is 5.76. The van der Waals surface area contributed by atoms with Crippen molar-refractivity contribution >= 4 is 6.03 Å². The first kappa shape index (κ1) is 14.0. The summed E-state index contributed by atoms with van der Waals surface area (Å²) >= 11 is 0. The predicted molar refractivity (Wildman–Crippen MR) is 79.4 cm³/mol. The van der Waals surface area contributed by atoms with E-state index in [0.29, 0.717) is 12.0 Å². The molecule has 1 N–H and O–H groups in total. The number of urea groups is 1. The monoisotopic (exact) mass is 305 g/mol. The third-order valence-corrected chi connectivity index (χ3v) is 5.13. The summed E-state index contributed by atoms with van der Waals surface area (Å²) in [6.45, 7) is 5.69. The Kier molecular flexibility index (Phi) is 3.52. The number of piperidine rings is 1. The van der Waals surface area contributed by atoms with Crippen LogP contribution in [0.5, 0.6) is 0 Å². The molecule has 0 bridgehead atoms. The third kappa shape index (κ3) is 2.58. The number of hydrogen-bond donors (Lipinski definition) is 1. The third-order valence-electron chi connectivity index (χ3n) is 5.13. The summed E-state index contributed by atoms with van der Waals surface area (Å²) in [6, 6.07) is 0.626. The zero-order chi connectivity index (χ0) is 15.1. The fraction of sp³-hybridized carbons (Fsp3) is 0.800. The van der Waals surface area contributed by atoms with E-state index in [9.17, 15) is 4.79 Å². The van der Waals surface area contributed by atoms with Gasteiger partial charge in [0, 0.05) is 38.1 Å². The van der Waals surface area contributed by atoms with Gasteiger partial charge in [0.2, 0.25) is 5.89 Å². The van der Waals surface area contributed by atoms with Gasteiger partial charge in [-0.1, -0.05) is 5.16 Å². The fourth-order valence-electron chi connectivity index (χ4n) is 3.50. The molecule has 0 spiro atoms. The maximum atomic E-state index is 11.8. The van der Waals surface area contributed by atoms with Crippen LogP contribution in [0.2, 0.25) is 0 Å². The Morgan fingerprint density at radius 2 is 2.00 bits per heavy atom. The van der Waals surface area contributed by atoms with Gasteiger partial charge in [-0.2, -0.15) is 4.98 Å². The van der Waals surface area contributed by atoms with E-state index in [0.717, 1.165) is 50.7 Å². The average Bonchev–Trinajstić information content (AvgIpc) is 3.12. The molecule has 3 heterocycles. The number of carbonyl (C=O) groups is 1. The van der Waals surface area contributed by atoms with E-state index in [1.807, 2.05) is 4.90 Å². The Hall–Kier alpha value is -1.63. The van der Waals surface area contributed by atoms with Crippen molar-refractivity contribution in [2.75, 3.05) is 26.2 Å². The predicted octanol–water partition coefficient (Wildman–Crippen LogP) is 1.50. The molecule has 1 saturated carbocycles. The highest BCUT2D eigenvalue weighted by Crippen LogP contribution is 2.38. The van der Waals surface area contributed by atoms with Gasteiger partial charge in [-0.15, -0.1) is 0 Å². The maximum Gasteiger partial charge on any atom is 0.317 e. The lowest BCUT2D eigenvalue weighted by Crippen LogP contribution is -2.46. The normalized spacial score (nSPS) is 25.5. The molecule has 0 unspecified atom stereocenters. The van der Waals surface area contributed by atoms with Crippen molar-refractivity contribution in [3.05, 3.63) is 11.7 Å². The van der Waals surface area contributed by atoms with Crippen LogP contribution in [0.1, 0.15) is 56.3 Å². The lowest BCUT2D eigenvalue weighted by Gasteiger charge is -2.37. The van der Waals surface area contributed by atoms with Crippen molar-refractivity contribution in [3.8, 4) is 0 Å². The summed E-state index contributed by atoms with van der Waals surface area (Å²) < 4.78 is 5.45. The molecule has 7 nitrogen and oxygen atoms in total. The molecule has 7 heteroatoms. The second-order valence-electron chi connectivity index (χ2n) is 6.63.